The summed E-state index contributed by atoms with van der Waals surface area (Å²) in [5.74, 6) is -5.97. The van der Waals surface area contributed by atoms with Gasteiger partial charge in [-0.2, -0.15) is 0 Å². The number of hydrogen-bond acceptors (Lipinski definition) is 7. The zero-order valence-corrected chi connectivity index (χ0v) is 18.4. The van der Waals surface area contributed by atoms with Gasteiger partial charge in [-0.15, -0.1) is 0 Å². The van der Waals surface area contributed by atoms with Gasteiger partial charge in [-0.05, 0) is 18.8 Å². The Kier molecular flexibility index (Phi) is 11.7. The van der Waals surface area contributed by atoms with Gasteiger partial charge < -0.3 is 37.0 Å². The zero-order valence-electron chi connectivity index (χ0n) is 18.4. The molecule has 0 saturated carbocycles. The van der Waals surface area contributed by atoms with E-state index in [0.717, 1.165) is 0 Å². The standard InChI is InChI=1S/C19H34N4O8/c1-6-9(4)14(22-16(27)13(20)8(2)3)17(28)23-15(10(5)24)18(29)21-11(19(30)31)7-12(25)26/h8-11,13-15,24H,6-7,20H2,1-5H3,(H,21,29)(H,22,27)(H,23,28)(H,25,26)(H,30,31). The van der Waals surface area contributed by atoms with Crippen molar-refractivity contribution >= 4 is 29.7 Å². The summed E-state index contributed by atoms with van der Waals surface area (Å²) in [7, 11) is 0. The molecule has 0 saturated heterocycles. The molecule has 0 aromatic heterocycles. The summed E-state index contributed by atoms with van der Waals surface area (Å²) in [6.45, 7) is 8.18. The molecule has 0 heterocycles. The summed E-state index contributed by atoms with van der Waals surface area (Å²) >= 11 is 0. The van der Waals surface area contributed by atoms with Crippen LogP contribution in [0.25, 0.3) is 0 Å². The van der Waals surface area contributed by atoms with Crippen molar-refractivity contribution in [3.05, 3.63) is 0 Å². The van der Waals surface area contributed by atoms with Gasteiger partial charge >= 0.3 is 11.9 Å². The number of hydrogen-bond donors (Lipinski definition) is 7. The molecule has 0 aliphatic rings. The van der Waals surface area contributed by atoms with E-state index in [1.165, 1.54) is 6.92 Å². The highest BCUT2D eigenvalue weighted by Crippen LogP contribution is 2.10. The minimum atomic E-state index is -1.75. The molecule has 0 aromatic carbocycles. The minimum absolute atomic E-state index is 0.182. The van der Waals surface area contributed by atoms with Gasteiger partial charge in [0.15, 0.2) is 0 Å². The number of rotatable bonds is 13. The highest BCUT2D eigenvalue weighted by atomic mass is 16.4. The molecule has 8 N–H and O–H groups in total. The van der Waals surface area contributed by atoms with Crippen molar-refractivity contribution in [2.24, 2.45) is 17.6 Å². The number of aliphatic hydroxyl groups excluding tert-OH is 1. The van der Waals surface area contributed by atoms with Gasteiger partial charge in [-0.1, -0.05) is 34.1 Å². The summed E-state index contributed by atoms with van der Waals surface area (Å²) in [6.07, 6.45) is -1.82. The van der Waals surface area contributed by atoms with Crippen LogP contribution in [0.3, 0.4) is 0 Å². The number of carbonyl (C=O) groups excluding carboxylic acids is 3. The second-order valence-corrected chi connectivity index (χ2v) is 7.87. The second kappa shape index (κ2) is 12.8. The first kappa shape index (κ1) is 28.3. The predicted molar refractivity (Wildman–Crippen MR) is 110 cm³/mol. The van der Waals surface area contributed by atoms with Crippen molar-refractivity contribution in [2.75, 3.05) is 0 Å². The first-order valence-corrected chi connectivity index (χ1v) is 10.0. The van der Waals surface area contributed by atoms with Crippen molar-refractivity contribution in [1.29, 1.82) is 0 Å². The smallest absolute Gasteiger partial charge is 0.326 e. The van der Waals surface area contributed by atoms with E-state index in [9.17, 15) is 29.1 Å². The lowest BCUT2D eigenvalue weighted by atomic mass is 9.96. The third-order valence-corrected chi connectivity index (χ3v) is 4.87. The molecule has 3 amide bonds. The molecule has 0 aromatic rings. The Morgan fingerprint density at radius 3 is 1.71 bits per heavy atom. The van der Waals surface area contributed by atoms with Gasteiger partial charge in [-0.25, -0.2) is 4.79 Å². The Labute approximate surface area is 180 Å². The number of nitrogens with one attached hydrogen (secondary N) is 3. The molecule has 178 valence electrons. The van der Waals surface area contributed by atoms with Gasteiger partial charge in [0, 0.05) is 0 Å². The van der Waals surface area contributed by atoms with Crippen molar-refractivity contribution < 1.29 is 39.3 Å². The lowest BCUT2D eigenvalue weighted by molar-refractivity contribution is -0.148. The van der Waals surface area contributed by atoms with Crippen LogP contribution in [0.2, 0.25) is 0 Å². The summed E-state index contributed by atoms with van der Waals surface area (Å²) < 4.78 is 0. The predicted octanol–water partition coefficient (Wildman–Crippen LogP) is -1.59. The number of carboxylic acids is 2. The molecule has 12 heteroatoms. The van der Waals surface area contributed by atoms with Crippen molar-refractivity contribution in [3.63, 3.8) is 0 Å². The van der Waals surface area contributed by atoms with E-state index in [-0.39, 0.29) is 11.8 Å². The maximum atomic E-state index is 12.8. The Balaban J connectivity index is 5.51. The SMILES string of the molecule is CCC(C)C(NC(=O)C(N)C(C)C)C(=O)NC(C(=O)NC(CC(=O)O)C(=O)O)C(C)O. The van der Waals surface area contributed by atoms with Crippen LogP contribution >= 0.6 is 0 Å². The molecule has 6 atom stereocenters. The summed E-state index contributed by atoms with van der Waals surface area (Å²) in [5, 5.41) is 34.6. The first-order valence-electron chi connectivity index (χ1n) is 10.0. The van der Waals surface area contributed by atoms with Crippen LogP contribution in [-0.4, -0.2) is 75.3 Å². The molecular formula is C19H34N4O8. The van der Waals surface area contributed by atoms with Crippen molar-refractivity contribution in [3.8, 4) is 0 Å². The number of amides is 3. The monoisotopic (exact) mass is 446 g/mol. The van der Waals surface area contributed by atoms with Crippen LogP contribution in [0.5, 0.6) is 0 Å². The molecule has 12 nitrogen and oxygen atoms in total. The lowest BCUT2D eigenvalue weighted by Crippen LogP contribution is -2.61. The van der Waals surface area contributed by atoms with E-state index in [0.29, 0.717) is 6.42 Å². The lowest BCUT2D eigenvalue weighted by Gasteiger charge is -2.29. The summed E-state index contributed by atoms with van der Waals surface area (Å²) in [6, 6.07) is -5.25. The molecule has 0 radical (unpaired) electrons. The number of aliphatic hydroxyl groups is 1. The van der Waals surface area contributed by atoms with Crippen LogP contribution in [0.1, 0.15) is 47.5 Å². The van der Waals surface area contributed by atoms with Gasteiger partial charge in [0.25, 0.3) is 0 Å². The largest absolute Gasteiger partial charge is 0.481 e. The van der Waals surface area contributed by atoms with Crippen LogP contribution in [-0.2, 0) is 24.0 Å². The van der Waals surface area contributed by atoms with E-state index >= 15 is 0 Å². The number of carboxylic acid groups (broad SMARTS) is 2. The van der Waals surface area contributed by atoms with E-state index in [4.69, 9.17) is 15.9 Å². The van der Waals surface area contributed by atoms with E-state index in [1.54, 1.807) is 27.7 Å². The van der Waals surface area contributed by atoms with Gasteiger partial charge in [-0.3, -0.25) is 19.2 Å². The third-order valence-electron chi connectivity index (χ3n) is 4.87. The molecule has 0 fully saturated rings. The van der Waals surface area contributed by atoms with E-state index in [1.807, 2.05) is 5.32 Å². The third kappa shape index (κ3) is 9.30. The number of nitrogens with two attached hydrogens (primary N) is 1. The molecule has 0 aliphatic carbocycles. The van der Waals surface area contributed by atoms with Crippen molar-refractivity contribution in [1.82, 2.24) is 16.0 Å². The Hall–Kier alpha value is -2.73. The summed E-state index contributed by atoms with van der Waals surface area (Å²) in [5.41, 5.74) is 5.82. The Morgan fingerprint density at radius 2 is 1.32 bits per heavy atom. The van der Waals surface area contributed by atoms with Crippen LogP contribution in [0.15, 0.2) is 0 Å². The maximum absolute atomic E-state index is 12.8. The fraction of sp³-hybridized carbons (Fsp3) is 0.737. The topological polar surface area (TPSA) is 208 Å². The van der Waals surface area contributed by atoms with E-state index < -0.39 is 66.4 Å². The second-order valence-electron chi connectivity index (χ2n) is 7.87. The van der Waals surface area contributed by atoms with Gasteiger partial charge in [0.1, 0.15) is 18.1 Å². The summed E-state index contributed by atoms with van der Waals surface area (Å²) in [4.78, 5) is 59.6. The molecule has 0 spiro atoms. The maximum Gasteiger partial charge on any atom is 0.326 e. The average molecular weight is 447 g/mol. The Bertz CT molecular complexity index is 667. The molecular weight excluding hydrogens is 412 g/mol. The molecule has 0 rings (SSSR count). The van der Waals surface area contributed by atoms with E-state index in [2.05, 4.69) is 10.6 Å². The first-order chi connectivity index (χ1) is 14.2. The average Bonchev–Trinajstić information content (AvgIpc) is 2.66. The molecule has 0 bridgehead atoms. The fourth-order valence-corrected chi connectivity index (χ4v) is 2.54. The van der Waals surface area contributed by atoms with Crippen LogP contribution in [0, 0.1) is 11.8 Å². The Morgan fingerprint density at radius 1 is 0.839 bits per heavy atom. The van der Waals surface area contributed by atoms with Gasteiger partial charge in [0.2, 0.25) is 17.7 Å². The fourth-order valence-electron chi connectivity index (χ4n) is 2.54. The normalized spacial score (nSPS) is 16.9. The van der Waals surface area contributed by atoms with Gasteiger partial charge in [0.05, 0.1) is 18.6 Å². The zero-order chi connectivity index (χ0) is 24.5. The number of carbonyl (C=O) groups is 5. The van der Waals surface area contributed by atoms with Crippen LogP contribution < -0.4 is 21.7 Å². The molecule has 0 aliphatic heterocycles. The quantitative estimate of drug-likeness (QED) is 0.174. The molecule has 6 unspecified atom stereocenters. The highest BCUT2D eigenvalue weighted by Gasteiger charge is 2.35. The van der Waals surface area contributed by atoms with Crippen molar-refractivity contribution in [2.45, 2.75) is 77.7 Å². The molecule has 31 heavy (non-hydrogen) atoms. The minimum Gasteiger partial charge on any atom is -0.481 e. The number of aliphatic carboxylic acids is 2. The highest BCUT2D eigenvalue weighted by molar-refractivity contribution is 5.95. The van der Waals surface area contributed by atoms with Crippen LogP contribution in [0.4, 0.5) is 0 Å².